The number of halogens is 1. The van der Waals surface area contributed by atoms with Crippen LogP contribution in [0.2, 0.25) is 0 Å². The normalized spacial score (nSPS) is 25.8. The summed E-state index contributed by atoms with van der Waals surface area (Å²) < 4.78 is 9.06. The molecular formula is C14H19IN4OS. The summed E-state index contributed by atoms with van der Waals surface area (Å²) in [6, 6.07) is 0. The van der Waals surface area contributed by atoms with Crippen molar-refractivity contribution < 1.29 is 4.74 Å². The van der Waals surface area contributed by atoms with Gasteiger partial charge in [-0.25, -0.2) is 14.6 Å². The molecule has 0 amide bonds. The molecule has 0 aromatic carbocycles. The molecule has 0 radical (unpaired) electrons. The Balaban J connectivity index is 2.03. The lowest BCUT2D eigenvalue weighted by molar-refractivity contribution is -0.00965. The van der Waals surface area contributed by atoms with Crippen LogP contribution in [0.4, 0.5) is 0 Å². The first kappa shape index (κ1) is 15.5. The Labute approximate surface area is 142 Å². The maximum atomic E-state index is 6.16. The monoisotopic (exact) mass is 418 g/mol. The fraction of sp³-hybridized carbons (Fsp3) is 0.643. The second-order valence-electron chi connectivity index (χ2n) is 5.30. The van der Waals surface area contributed by atoms with Crippen LogP contribution in [0.1, 0.15) is 39.8 Å². The Morgan fingerprint density at radius 2 is 2.24 bits per heavy atom. The Kier molecular flexibility index (Phi) is 4.70. The third kappa shape index (κ3) is 2.79. The topological polar surface area (TPSA) is 52.8 Å². The van der Waals surface area contributed by atoms with Crippen molar-refractivity contribution in [2.45, 2.75) is 51.0 Å². The maximum absolute atomic E-state index is 6.16. The third-order valence-corrected chi connectivity index (χ3v) is 5.53. The zero-order valence-electron chi connectivity index (χ0n) is 12.4. The SMILES string of the molecule is CCSc1ncnc2c1c(I)nn2[C@H]1CC(C)[C@@H](CC)O1. The third-order valence-electron chi connectivity index (χ3n) is 3.91. The van der Waals surface area contributed by atoms with Crippen LogP contribution in [0, 0.1) is 9.62 Å². The molecule has 7 heteroatoms. The first-order chi connectivity index (χ1) is 10.2. The number of nitrogens with zero attached hydrogens (tertiary/aromatic N) is 4. The number of rotatable bonds is 4. The fourth-order valence-electron chi connectivity index (χ4n) is 2.87. The average Bonchev–Trinajstić information content (AvgIpc) is 3.01. The van der Waals surface area contributed by atoms with Gasteiger partial charge in [-0.05, 0) is 47.1 Å². The van der Waals surface area contributed by atoms with Crippen LogP contribution in [0.25, 0.3) is 11.0 Å². The molecule has 1 fully saturated rings. The molecule has 3 rings (SSSR count). The van der Waals surface area contributed by atoms with Crippen LogP contribution < -0.4 is 0 Å². The van der Waals surface area contributed by atoms with E-state index >= 15 is 0 Å². The highest BCUT2D eigenvalue weighted by molar-refractivity contribution is 14.1. The van der Waals surface area contributed by atoms with E-state index in [9.17, 15) is 0 Å². The van der Waals surface area contributed by atoms with Crippen LogP contribution in [-0.4, -0.2) is 31.6 Å². The van der Waals surface area contributed by atoms with Gasteiger partial charge in [0.25, 0.3) is 0 Å². The molecule has 0 bridgehead atoms. The minimum atomic E-state index is -0.00894. The number of ether oxygens (including phenoxy) is 1. The molecule has 5 nitrogen and oxygen atoms in total. The molecule has 2 aromatic heterocycles. The van der Waals surface area contributed by atoms with Crippen LogP contribution >= 0.6 is 34.4 Å². The molecule has 1 aliphatic heterocycles. The molecule has 2 aromatic rings. The molecule has 1 unspecified atom stereocenters. The summed E-state index contributed by atoms with van der Waals surface area (Å²) in [5, 5.41) is 6.75. The summed E-state index contributed by atoms with van der Waals surface area (Å²) in [7, 11) is 0. The number of hydrogen-bond donors (Lipinski definition) is 0. The Morgan fingerprint density at radius 3 is 2.90 bits per heavy atom. The van der Waals surface area contributed by atoms with E-state index in [4.69, 9.17) is 4.74 Å². The van der Waals surface area contributed by atoms with Crippen molar-refractivity contribution in [2.75, 3.05) is 5.75 Å². The lowest BCUT2D eigenvalue weighted by Crippen LogP contribution is -2.13. The van der Waals surface area contributed by atoms with Crippen molar-refractivity contribution in [3.05, 3.63) is 10.0 Å². The van der Waals surface area contributed by atoms with E-state index in [-0.39, 0.29) is 6.23 Å². The molecule has 0 spiro atoms. The second kappa shape index (κ2) is 6.37. The minimum Gasteiger partial charge on any atom is -0.353 e. The van der Waals surface area contributed by atoms with Crippen molar-refractivity contribution in [1.82, 2.24) is 19.7 Å². The molecule has 0 saturated carbocycles. The maximum Gasteiger partial charge on any atom is 0.166 e. The zero-order chi connectivity index (χ0) is 15.0. The van der Waals surface area contributed by atoms with E-state index in [0.717, 1.165) is 38.4 Å². The van der Waals surface area contributed by atoms with E-state index in [1.807, 2.05) is 4.68 Å². The van der Waals surface area contributed by atoms with E-state index in [2.05, 4.69) is 58.4 Å². The summed E-state index contributed by atoms with van der Waals surface area (Å²) >= 11 is 4.00. The van der Waals surface area contributed by atoms with Crippen molar-refractivity contribution in [3.8, 4) is 0 Å². The summed E-state index contributed by atoms with van der Waals surface area (Å²) in [6.07, 6.45) is 3.97. The van der Waals surface area contributed by atoms with Gasteiger partial charge in [0, 0.05) is 0 Å². The van der Waals surface area contributed by atoms with Gasteiger partial charge < -0.3 is 4.74 Å². The molecule has 1 saturated heterocycles. The number of thioether (sulfide) groups is 1. The fourth-order valence-corrected chi connectivity index (χ4v) is 4.51. The molecule has 3 heterocycles. The van der Waals surface area contributed by atoms with Gasteiger partial charge in [0.15, 0.2) is 11.9 Å². The smallest absolute Gasteiger partial charge is 0.166 e. The highest BCUT2D eigenvalue weighted by atomic mass is 127. The second-order valence-corrected chi connectivity index (χ2v) is 7.57. The van der Waals surface area contributed by atoms with Crippen molar-refractivity contribution in [3.63, 3.8) is 0 Å². The first-order valence-electron chi connectivity index (χ1n) is 7.32. The standard InChI is InChI=1S/C14H19IN4OS/c1-4-9-8(3)6-10(20-9)19-13-11(12(15)18-19)14(21-5-2)17-7-16-13/h7-10H,4-6H2,1-3H3/t8?,9-,10-/m1/s1. The van der Waals surface area contributed by atoms with Gasteiger partial charge in [0.05, 0.1) is 11.5 Å². The zero-order valence-corrected chi connectivity index (χ0v) is 15.4. The van der Waals surface area contributed by atoms with Gasteiger partial charge >= 0.3 is 0 Å². The quantitative estimate of drug-likeness (QED) is 0.429. The highest BCUT2D eigenvalue weighted by Crippen LogP contribution is 2.37. The molecule has 1 aliphatic rings. The van der Waals surface area contributed by atoms with Crippen LogP contribution in [0.5, 0.6) is 0 Å². The largest absolute Gasteiger partial charge is 0.353 e. The van der Waals surface area contributed by atoms with Gasteiger partial charge in [-0.15, -0.1) is 11.8 Å². The molecular weight excluding hydrogens is 399 g/mol. The predicted octanol–water partition coefficient (Wildman–Crippen LogP) is 3.88. The summed E-state index contributed by atoms with van der Waals surface area (Å²) in [5.74, 6) is 1.55. The van der Waals surface area contributed by atoms with E-state index in [1.165, 1.54) is 0 Å². The molecule has 114 valence electrons. The lowest BCUT2D eigenvalue weighted by atomic mass is 10.0. The van der Waals surface area contributed by atoms with Crippen molar-refractivity contribution >= 4 is 45.4 Å². The van der Waals surface area contributed by atoms with Crippen LogP contribution in [0.15, 0.2) is 11.4 Å². The summed E-state index contributed by atoms with van der Waals surface area (Å²) in [6.45, 7) is 6.55. The number of aromatic nitrogens is 4. The number of fused-ring (bicyclic) bond motifs is 1. The van der Waals surface area contributed by atoms with Crippen molar-refractivity contribution in [1.29, 1.82) is 0 Å². The molecule has 21 heavy (non-hydrogen) atoms. The van der Waals surface area contributed by atoms with Crippen LogP contribution in [-0.2, 0) is 4.74 Å². The van der Waals surface area contributed by atoms with Gasteiger partial charge in [0.1, 0.15) is 15.1 Å². The molecule has 0 aliphatic carbocycles. The molecule has 0 N–H and O–H groups in total. The van der Waals surface area contributed by atoms with Crippen molar-refractivity contribution in [2.24, 2.45) is 5.92 Å². The summed E-state index contributed by atoms with van der Waals surface area (Å²) in [5.41, 5.74) is 0.888. The minimum absolute atomic E-state index is 0.00894. The van der Waals surface area contributed by atoms with Gasteiger partial charge in [0.2, 0.25) is 0 Å². The highest BCUT2D eigenvalue weighted by Gasteiger charge is 2.34. The average molecular weight is 418 g/mol. The van der Waals surface area contributed by atoms with E-state index in [1.54, 1.807) is 18.1 Å². The Bertz CT molecular complexity index is 647. The lowest BCUT2D eigenvalue weighted by Gasteiger charge is -2.13. The van der Waals surface area contributed by atoms with Crippen LogP contribution in [0.3, 0.4) is 0 Å². The first-order valence-corrected chi connectivity index (χ1v) is 9.39. The predicted molar refractivity (Wildman–Crippen MR) is 92.4 cm³/mol. The number of hydrogen-bond acceptors (Lipinski definition) is 5. The van der Waals surface area contributed by atoms with E-state index in [0.29, 0.717) is 12.0 Å². The Hall–Kier alpha value is -0.410. The van der Waals surface area contributed by atoms with Gasteiger partial charge in [-0.2, -0.15) is 5.10 Å². The van der Waals surface area contributed by atoms with E-state index < -0.39 is 0 Å². The van der Waals surface area contributed by atoms with Gasteiger partial charge in [-0.1, -0.05) is 20.8 Å². The Morgan fingerprint density at radius 1 is 1.43 bits per heavy atom. The summed E-state index contributed by atoms with van der Waals surface area (Å²) in [4.78, 5) is 8.85. The molecule has 3 atom stereocenters. The van der Waals surface area contributed by atoms with Gasteiger partial charge in [-0.3, -0.25) is 0 Å².